The number of pyridine rings is 1. The number of H-pyrrole nitrogens is 1. The van der Waals surface area contributed by atoms with E-state index < -0.39 is 13.9 Å². The number of nitrogens with zero attached hydrogens (tertiary/aromatic N) is 4. The van der Waals surface area contributed by atoms with Gasteiger partial charge in [-0.25, -0.2) is 9.37 Å². The Morgan fingerprint density at radius 2 is 2.02 bits per heavy atom. The van der Waals surface area contributed by atoms with Crippen LogP contribution in [0.3, 0.4) is 0 Å². The van der Waals surface area contributed by atoms with Gasteiger partial charge in [0.05, 0.1) is 34.7 Å². The van der Waals surface area contributed by atoms with Crippen molar-refractivity contribution in [1.29, 1.82) is 0 Å². The highest BCUT2D eigenvalue weighted by atomic mass is 35.5. The highest BCUT2D eigenvalue weighted by Crippen LogP contribution is 2.43. The first-order valence-corrected chi connectivity index (χ1v) is 18.4. The minimum atomic E-state index is -1.15. The molecule has 2 aliphatic heterocycles. The molecular weight excluding hydrogens is 555 g/mol. The van der Waals surface area contributed by atoms with Crippen molar-refractivity contribution in [3.05, 3.63) is 70.8 Å². The SMILES string of the molecule is Cc1cc2c(-c3cnc([C@@H]4CCC5CC(c6c(N)ccc(Cl)c6F)=CCN54)[nH]3)cn(COCC[Si](C)(C)C)c2cn1. The van der Waals surface area contributed by atoms with E-state index >= 15 is 0 Å². The molecule has 7 nitrogen and oxygen atoms in total. The Bertz CT molecular complexity index is 1620. The summed E-state index contributed by atoms with van der Waals surface area (Å²) in [5.74, 6) is 0.536. The maximum Gasteiger partial charge on any atom is 0.151 e. The number of nitrogens with one attached hydrogen (secondary N) is 1. The minimum Gasteiger partial charge on any atom is -0.398 e. The van der Waals surface area contributed by atoms with E-state index in [1.165, 1.54) is 6.07 Å². The third-order valence-corrected chi connectivity index (χ3v) is 10.4. The molecule has 0 aliphatic carbocycles. The Morgan fingerprint density at radius 1 is 1.20 bits per heavy atom. The number of anilines is 1. The van der Waals surface area contributed by atoms with Crippen LogP contribution >= 0.6 is 11.6 Å². The maximum absolute atomic E-state index is 14.9. The molecule has 3 aromatic heterocycles. The number of nitrogens with two attached hydrogens (primary N) is 1. The summed E-state index contributed by atoms with van der Waals surface area (Å²) >= 11 is 6.08. The molecule has 2 atom stereocenters. The molecule has 1 aromatic carbocycles. The average molecular weight is 593 g/mol. The first kappa shape index (κ1) is 28.2. The lowest BCUT2D eigenvalue weighted by molar-refractivity contribution is 0.0902. The smallest absolute Gasteiger partial charge is 0.151 e. The molecule has 1 unspecified atom stereocenters. The van der Waals surface area contributed by atoms with Crippen LogP contribution < -0.4 is 5.73 Å². The van der Waals surface area contributed by atoms with Crippen LogP contribution in [0.4, 0.5) is 10.1 Å². The lowest BCUT2D eigenvalue weighted by Gasteiger charge is -2.33. The van der Waals surface area contributed by atoms with Gasteiger partial charge >= 0.3 is 0 Å². The third-order valence-electron chi connectivity index (χ3n) is 8.43. The van der Waals surface area contributed by atoms with Crippen LogP contribution in [0.1, 0.15) is 42.4 Å². The van der Waals surface area contributed by atoms with Crippen LogP contribution in [-0.4, -0.2) is 51.7 Å². The van der Waals surface area contributed by atoms with Crippen molar-refractivity contribution in [3.8, 4) is 11.3 Å². The van der Waals surface area contributed by atoms with E-state index in [4.69, 9.17) is 27.1 Å². The zero-order chi connectivity index (χ0) is 28.9. The summed E-state index contributed by atoms with van der Waals surface area (Å²) < 4.78 is 23.1. The van der Waals surface area contributed by atoms with Crippen molar-refractivity contribution in [2.45, 2.75) is 70.7 Å². The topological polar surface area (TPSA) is 85.0 Å². The van der Waals surface area contributed by atoms with Crippen molar-refractivity contribution in [2.75, 3.05) is 18.9 Å². The Balaban J connectivity index is 1.23. The molecule has 0 spiro atoms. The molecule has 2 aliphatic rings. The normalized spacial score (nSPS) is 19.6. The highest BCUT2D eigenvalue weighted by Gasteiger charge is 2.38. The fourth-order valence-electron chi connectivity index (χ4n) is 6.17. The third kappa shape index (κ3) is 5.60. The van der Waals surface area contributed by atoms with Gasteiger partial charge in [0.2, 0.25) is 0 Å². The van der Waals surface area contributed by atoms with Crippen LogP contribution in [0.2, 0.25) is 30.7 Å². The molecule has 1 fully saturated rings. The number of nitrogen functional groups attached to an aromatic ring is 1. The van der Waals surface area contributed by atoms with Gasteiger partial charge in [0, 0.05) is 61.4 Å². The molecular formula is C31H38ClFN6OSi. The van der Waals surface area contributed by atoms with Crippen LogP contribution in [-0.2, 0) is 11.5 Å². The summed E-state index contributed by atoms with van der Waals surface area (Å²) in [4.78, 5) is 15.5. The molecule has 41 heavy (non-hydrogen) atoms. The Labute approximate surface area is 246 Å². The van der Waals surface area contributed by atoms with Gasteiger partial charge in [-0.3, -0.25) is 9.88 Å². The number of rotatable bonds is 8. The summed E-state index contributed by atoms with van der Waals surface area (Å²) in [7, 11) is -1.15. The molecule has 4 aromatic rings. The van der Waals surface area contributed by atoms with Gasteiger partial charge in [0.25, 0.3) is 0 Å². The van der Waals surface area contributed by atoms with Crippen LogP contribution in [0.15, 0.2) is 42.9 Å². The monoisotopic (exact) mass is 592 g/mol. The van der Waals surface area contributed by atoms with E-state index in [0.717, 1.165) is 71.2 Å². The van der Waals surface area contributed by atoms with Crippen LogP contribution in [0.5, 0.6) is 0 Å². The van der Waals surface area contributed by atoms with E-state index in [0.29, 0.717) is 30.6 Å². The zero-order valence-corrected chi connectivity index (χ0v) is 25.9. The number of ether oxygens (including phenoxy) is 1. The summed E-state index contributed by atoms with van der Waals surface area (Å²) in [5.41, 5.74) is 12.1. The van der Waals surface area contributed by atoms with E-state index in [2.05, 4.69) is 57.4 Å². The van der Waals surface area contributed by atoms with Crippen molar-refractivity contribution in [3.63, 3.8) is 0 Å². The molecule has 0 saturated carbocycles. The second-order valence-electron chi connectivity index (χ2n) is 12.6. The number of hydrogen-bond donors (Lipinski definition) is 2. The van der Waals surface area contributed by atoms with Gasteiger partial charge in [0.15, 0.2) is 5.82 Å². The van der Waals surface area contributed by atoms with Crippen molar-refractivity contribution in [1.82, 2.24) is 24.4 Å². The maximum atomic E-state index is 14.9. The number of hydrogen-bond acceptors (Lipinski definition) is 5. The fraction of sp³-hybridized carbons (Fsp3) is 0.419. The quantitative estimate of drug-likeness (QED) is 0.126. The molecule has 10 heteroatoms. The fourth-order valence-corrected chi connectivity index (χ4v) is 7.09. The van der Waals surface area contributed by atoms with Crippen molar-refractivity contribution in [2.24, 2.45) is 0 Å². The summed E-state index contributed by atoms with van der Waals surface area (Å²) in [6.45, 7) is 11.1. The number of halogens is 2. The molecule has 5 heterocycles. The first-order chi connectivity index (χ1) is 19.6. The Hall–Kier alpha value is -2.98. The number of fused-ring (bicyclic) bond motifs is 2. The van der Waals surface area contributed by atoms with Gasteiger partial charge < -0.3 is 20.0 Å². The molecule has 1 saturated heterocycles. The number of aromatic nitrogens is 4. The first-order valence-electron chi connectivity index (χ1n) is 14.4. The lowest BCUT2D eigenvalue weighted by atomic mass is 9.93. The Morgan fingerprint density at radius 3 is 2.83 bits per heavy atom. The predicted octanol–water partition coefficient (Wildman–Crippen LogP) is 7.41. The predicted molar refractivity (Wildman–Crippen MR) is 167 cm³/mol. The van der Waals surface area contributed by atoms with Crippen LogP contribution in [0.25, 0.3) is 27.7 Å². The standard InChI is InChI=1S/C31H38ClFN6OSi/c1-19-13-22-23(17-38(28(22)16-35-19)18-40-11-12-41(2,3)4)26-15-36-31(37-26)27-8-5-21-14-20(9-10-39(21)27)29-25(34)7-6-24(32)30(29)33/h6-7,9,13,15-17,21,27H,5,8,10-12,14,18,34H2,1-4H3,(H,36,37)/t21?,27-/m0/s1. The minimum absolute atomic E-state index is 0.107. The van der Waals surface area contributed by atoms with E-state index in [-0.39, 0.29) is 11.1 Å². The number of imidazole rings is 1. The van der Waals surface area contributed by atoms with Gasteiger partial charge in [0.1, 0.15) is 12.6 Å². The highest BCUT2D eigenvalue weighted by molar-refractivity contribution is 6.76. The van der Waals surface area contributed by atoms with Crippen LogP contribution in [0, 0.1) is 12.7 Å². The number of benzene rings is 1. The largest absolute Gasteiger partial charge is 0.398 e. The number of aromatic amines is 1. The lowest BCUT2D eigenvalue weighted by Crippen LogP contribution is -2.35. The van der Waals surface area contributed by atoms with Crippen molar-refractivity contribution < 1.29 is 9.13 Å². The molecule has 0 radical (unpaired) electrons. The molecule has 0 amide bonds. The molecule has 6 rings (SSSR count). The molecule has 216 valence electrons. The number of aryl methyl sites for hydroxylation is 1. The van der Waals surface area contributed by atoms with Gasteiger partial charge in [-0.1, -0.05) is 37.3 Å². The van der Waals surface area contributed by atoms with Crippen molar-refractivity contribution >= 4 is 41.8 Å². The summed E-state index contributed by atoms with van der Waals surface area (Å²) in [5, 5.41) is 1.24. The van der Waals surface area contributed by atoms with E-state index in [1.54, 1.807) is 6.07 Å². The average Bonchev–Trinajstić information content (AvgIpc) is 3.65. The van der Waals surface area contributed by atoms with E-state index in [1.807, 2.05) is 19.3 Å². The van der Waals surface area contributed by atoms with E-state index in [9.17, 15) is 4.39 Å². The molecule has 0 bridgehead atoms. The second-order valence-corrected chi connectivity index (χ2v) is 18.6. The summed E-state index contributed by atoms with van der Waals surface area (Å²) in [6, 6.07) is 6.95. The zero-order valence-electron chi connectivity index (χ0n) is 24.2. The second kappa shape index (κ2) is 11.0. The van der Waals surface area contributed by atoms with Gasteiger partial charge in [-0.05, 0) is 56.0 Å². The molecule has 3 N–H and O–H groups in total. The Kier molecular flexibility index (Phi) is 7.57. The van der Waals surface area contributed by atoms with Gasteiger partial charge in [-0.15, -0.1) is 0 Å². The summed E-state index contributed by atoms with van der Waals surface area (Å²) in [6.07, 6.45) is 10.9. The van der Waals surface area contributed by atoms with Gasteiger partial charge in [-0.2, -0.15) is 0 Å².